The highest BCUT2D eigenvalue weighted by Crippen LogP contribution is 2.17. The van der Waals surface area contributed by atoms with Crippen molar-refractivity contribution in [2.24, 2.45) is 10.7 Å². The lowest BCUT2D eigenvalue weighted by molar-refractivity contribution is 0.182. The van der Waals surface area contributed by atoms with Crippen molar-refractivity contribution in [2.75, 3.05) is 6.54 Å². The van der Waals surface area contributed by atoms with E-state index in [2.05, 4.69) is 35.9 Å². The van der Waals surface area contributed by atoms with Gasteiger partial charge in [-0.15, -0.1) is 0 Å². The standard InChI is InChI=1S/C20H39N3/c1-3-4-5-6-7-8-9-10-11-12-13-14-15-16-20-22-17-18-23(20)19(2)21/h7-8,17,19-20H,3-6,9-16,18,21H2,1-2H3/b8-7+. The molecule has 0 aromatic rings. The lowest BCUT2D eigenvalue weighted by Gasteiger charge is -2.26. The fourth-order valence-electron chi connectivity index (χ4n) is 3.19. The third-order valence-corrected chi connectivity index (χ3v) is 4.70. The first kappa shape index (κ1) is 20.4. The highest BCUT2D eigenvalue weighted by atomic mass is 15.3. The van der Waals surface area contributed by atoms with Gasteiger partial charge in [-0.05, 0) is 45.4 Å². The maximum Gasteiger partial charge on any atom is 0.103 e. The van der Waals surface area contributed by atoms with Crippen molar-refractivity contribution >= 4 is 6.21 Å². The third-order valence-electron chi connectivity index (χ3n) is 4.70. The molecule has 1 aliphatic heterocycles. The van der Waals surface area contributed by atoms with Crippen molar-refractivity contribution in [3.05, 3.63) is 12.2 Å². The zero-order chi connectivity index (χ0) is 16.8. The smallest absolute Gasteiger partial charge is 0.103 e. The molecule has 0 aliphatic carbocycles. The van der Waals surface area contributed by atoms with Crippen LogP contribution >= 0.6 is 0 Å². The van der Waals surface area contributed by atoms with Crippen LogP contribution in [0.25, 0.3) is 0 Å². The van der Waals surface area contributed by atoms with E-state index in [0.29, 0.717) is 6.17 Å². The van der Waals surface area contributed by atoms with E-state index in [-0.39, 0.29) is 6.17 Å². The molecule has 134 valence electrons. The Morgan fingerprint density at radius 1 is 1.04 bits per heavy atom. The Hall–Kier alpha value is -0.670. The monoisotopic (exact) mass is 321 g/mol. The van der Waals surface area contributed by atoms with Crippen LogP contribution in [-0.4, -0.2) is 30.0 Å². The number of aliphatic imine (C=N–C) groups is 1. The molecule has 0 saturated heterocycles. The fraction of sp³-hybridized carbons (Fsp3) is 0.850. The minimum atomic E-state index is 0.123. The first-order chi connectivity index (χ1) is 11.3. The second-order valence-electron chi connectivity index (χ2n) is 6.92. The van der Waals surface area contributed by atoms with Gasteiger partial charge in [0.05, 0.1) is 6.17 Å². The number of hydrogen-bond acceptors (Lipinski definition) is 3. The van der Waals surface area contributed by atoms with Gasteiger partial charge in [0.15, 0.2) is 0 Å². The Kier molecular flexibility index (Phi) is 12.2. The second-order valence-corrected chi connectivity index (χ2v) is 6.92. The topological polar surface area (TPSA) is 41.6 Å². The number of nitrogens with zero attached hydrogens (tertiary/aromatic N) is 2. The van der Waals surface area contributed by atoms with Crippen molar-refractivity contribution in [2.45, 2.75) is 103 Å². The summed E-state index contributed by atoms with van der Waals surface area (Å²) in [7, 11) is 0. The number of unbranched alkanes of at least 4 members (excludes halogenated alkanes) is 9. The molecule has 0 amide bonds. The van der Waals surface area contributed by atoms with Gasteiger partial charge in [-0.3, -0.25) is 9.89 Å². The van der Waals surface area contributed by atoms with Gasteiger partial charge in [-0.25, -0.2) is 0 Å². The van der Waals surface area contributed by atoms with E-state index >= 15 is 0 Å². The minimum Gasteiger partial charge on any atom is -0.316 e. The summed E-state index contributed by atoms with van der Waals surface area (Å²) in [6.07, 6.45) is 23.1. The molecule has 2 atom stereocenters. The van der Waals surface area contributed by atoms with Gasteiger partial charge in [-0.2, -0.15) is 0 Å². The normalized spacial score (nSPS) is 19.9. The van der Waals surface area contributed by atoms with Crippen LogP contribution in [0.1, 0.15) is 90.9 Å². The number of hydrogen-bond donors (Lipinski definition) is 1. The summed E-state index contributed by atoms with van der Waals surface area (Å²) in [5.41, 5.74) is 5.97. The molecule has 2 N–H and O–H groups in total. The van der Waals surface area contributed by atoms with Gasteiger partial charge in [-0.1, -0.05) is 57.6 Å². The number of allylic oxidation sites excluding steroid dienone is 2. The molecule has 0 spiro atoms. The Balaban J connectivity index is 1.86. The SMILES string of the molecule is CCCCC/C=C/CCCCCCCCC1N=CCN1C(C)N. The molecule has 0 aromatic carbocycles. The van der Waals surface area contributed by atoms with E-state index in [4.69, 9.17) is 5.73 Å². The van der Waals surface area contributed by atoms with Crippen molar-refractivity contribution in [1.82, 2.24) is 4.90 Å². The van der Waals surface area contributed by atoms with Crippen molar-refractivity contribution in [1.29, 1.82) is 0 Å². The lowest BCUT2D eigenvalue weighted by atomic mass is 10.1. The molecule has 2 unspecified atom stereocenters. The lowest BCUT2D eigenvalue weighted by Crippen LogP contribution is -2.43. The van der Waals surface area contributed by atoms with Crippen LogP contribution in [0.2, 0.25) is 0 Å². The molecule has 1 heterocycles. The predicted octanol–water partition coefficient (Wildman–Crippen LogP) is 5.26. The van der Waals surface area contributed by atoms with Gasteiger partial charge in [0.2, 0.25) is 0 Å². The van der Waals surface area contributed by atoms with Crippen LogP contribution in [0.4, 0.5) is 0 Å². The first-order valence-corrected chi connectivity index (χ1v) is 9.93. The summed E-state index contributed by atoms with van der Waals surface area (Å²) < 4.78 is 0. The maximum atomic E-state index is 5.97. The van der Waals surface area contributed by atoms with Crippen molar-refractivity contribution in [3.8, 4) is 0 Å². The van der Waals surface area contributed by atoms with Crippen LogP contribution in [0, 0.1) is 0 Å². The average Bonchev–Trinajstić information content (AvgIpc) is 3.00. The van der Waals surface area contributed by atoms with Crippen molar-refractivity contribution in [3.63, 3.8) is 0 Å². The second kappa shape index (κ2) is 13.7. The van der Waals surface area contributed by atoms with E-state index in [0.717, 1.165) is 6.54 Å². The largest absolute Gasteiger partial charge is 0.316 e. The Morgan fingerprint density at radius 2 is 1.65 bits per heavy atom. The molecule has 1 aliphatic rings. The number of nitrogens with two attached hydrogens (primary N) is 1. The Morgan fingerprint density at radius 3 is 2.30 bits per heavy atom. The molecular formula is C20H39N3. The van der Waals surface area contributed by atoms with Gasteiger partial charge in [0.25, 0.3) is 0 Å². The summed E-state index contributed by atoms with van der Waals surface area (Å²) in [6, 6.07) is 0. The average molecular weight is 322 g/mol. The zero-order valence-electron chi connectivity index (χ0n) is 15.6. The summed E-state index contributed by atoms with van der Waals surface area (Å²) in [5, 5.41) is 0. The molecule has 0 saturated carbocycles. The van der Waals surface area contributed by atoms with E-state index in [1.807, 2.05) is 6.21 Å². The van der Waals surface area contributed by atoms with E-state index in [1.165, 1.54) is 77.0 Å². The number of rotatable bonds is 14. The highest BCUT2D eigenvalue weighted by molar-refractivity contribution is 5.62. The van der Waals surface area contributed by atoms with Gasteiger partial charge in [0.1, 0.15) is 6.17 Å². The summed E-state index contributed by atoms with van der Waals surface area (Å²) in [6.45, 7) is 5.24. The maximum absolute atomic E-state index is 5.97. The van der Waals surface area contributed by atoms with Gasteiger partial charge in [0, 0.05) is 12.8 Å². The molecule has 1 rings (SSSR count). The third kappa shape index (κ3) is 9.93. The highest BCUT2D eigenvalue weighted by Gasteiger charge is 2.22. The molecule has 0 bridgehead atoms. The quantitative estimate of drug-likeness (QED) is 0.350. The van der Waals surface area contributed by atoms with Crippen molar-refractivity contribution < 1.29 is 0 Å². The van der Waals surface area contributed by atoms with E-state index in [1.54, 1.807) is 0 Å². The Bertz CT molecular complexity index is 323. The molecule has 3 heteroatoms. The summed E-state index contributed by atoms with van der Waals surface area (Å²) >= 11 is 0. The van der Waals surface area contributed by atoms with Crippen LogP contribution in [0.5, 0.6) is 0 Å². The molecular weight excluding hydrogens is 282 g/mol. The van der Waals surface area contributed by atoms with Gasteiger partial charge >= 0.3 is 0 Å². The van der Waals surface area contributed by atoms with Crippen LogP contribution in [0.3, 0.4) is 0 Å². The predicted molar refractivity (Wildman–Crippen MR) is 103 cm³/mol. The van der Waals surface area contributed by atoms with Crippen LogP contribution in [-0.2, 0) is 0 Å². The van der Waals surface area contributed by atoms with Crippen LogP contribution < -0.4 is 5.73 Å². The first-order valence-electron chi connectivity index (χ1n) is 9.93. The van der Waals surface area contributed by atoms with Crippen LogP contribution in [0.15, 0.2) is 17.1 Å². The van der Waals surface area contributed by atoms with E-state index < -0.39 is 0 Å². The zero-order valence-corrected chi connectivity index (χ0v) is 15.6. The molecule has 0 aromatic heterocycles. The molecule has 23 heavy (non-hydrogen) atoms. The molecule has 0 radical (unpaired) electrons. The van der Waals surface area contributed by atoms with E-state index in [9.17, 15) is 0 Å². The Labute approximate surface area is 144 Å². The fourth-order valence-corrected chi connectivity index (χ4v) is 3.19. The summed E-state index contributed by atoms with van der Waals surface area (Å²) in [4.78, 5) is 6.83. The summed E-state index contributed by atoms with van der Waals surface area (Å²) in [5.74, 6) is 0. The molecule has 3 nitrogen and oxygen atoms in total. The van der Waals surface area contributed by atoms with Gasteiger partial charge < -0.3 is 5.73 Å². The molecule has 0 fully saturated rings. The minimum absolute atomic E-state index is 0.123.